The molecule has 0 bridgehead atoms. The highest BCUT2D eigenvalue weighted by molar-refractivity contribution is 6.34. The molecule has 0 aromatic heterocycles. The van der Waals surface area contributed by atoms with E-state index >= 15 is 0 Å². The van der Waals surface area contributed by atoms with E-state index < -0.39 is 0 Å². The molecule has 0 spiro atoms. The van der Waals surface area contributed by atoms with E-state index in [1.54, 1.807) is 0 Å². The Balaban J connectivity index is 0.000000144. The smallest absolute Gasteiger partial charge is 0.0540 e. The molecule has 0 heterocycles. The first-order valence-electron chi connectivity index (χ1n) is 35.8. The predicted octanol–water partition coefficient (Wildman–Crippen LogP) is 28.2. The SMILES string of the molecule is CN(c1ccc(-c2ccc(N(c3cccc4ccccc34)c3cccc4ccccc34)cc2)cc1)c1cc2ccccc2c2ccccc12.CN(c1ccc(-c2ccc(N(c3cccc4ccccc34)c3cccc4ccccc34)cc2)cc1)c1ccc2c3cccc4cccc(c5cccc1c52)c43. The highest BCUT2D eigenvalue weighted by atomic mass is 15.2. The summed E-state index contributed by atoms with van der Waals surface area (Å²) in [5, 5.41) is 25.4. The monoisotopic (exact) mass is 1330 g/mol. The van der Waals surface area contributed by atoms with E-state index in [2.05, 4.69) is 422 Å². The predicted molar refractivity (Wildman–Crippen MR) is 448 cm³/mol. The van der Waals surface area contributed by atoms with E-state index in [1.165, 1.54) is 141 Å². The molecule has 4 nitrogen and oxygen atoms in total. The summed E-state index contributed by atoms with van der Waals surface area (Å²) >= 11 is 0. The van der Waals surface area contributed by atoms with Gasteiger partial charge in [0.25, 0.3) is 0 Å². The van der Waals surface area contributed by atoms with Gasteiger partial charge in [0, 0.05) is 80.5 Å². The normalized spacial score (nSPS) is 11.6. The Morgan fingerprint density at radius 3 is 0.856 bits per heavy atom. The average molecular weight is 1330 g/mol. The van der Waals surface area contributed by atoms with E-state index in [-0.39, 0.29) is 0 Å². The molecule has 0 atom stereocenters. The highest BCUT2D eigenvalue weighted by Crippen LogP contribution is 2.48. The van der Waals surface area contributed by atoms with Crippen molar-refractivity contribution in [3.8, 4) is 22.3 Å². The van der Waals surface area contributed by atoms with E-state index in [4.69, 9.17) is 0 Å². The van der Waals surface area contributed by atoms with Crippen LogP contribution in [0.4, 0.5) is 56.9 Å². The molecule has 0 aliphatic carbocycles. The maximum atomic E-state index is 2.41. The lowest BCUT2D eigenvalue weighted by Gasteiger charge is -2.28. The van der Waals surface area contributed by atoms with Gasteiger partial charge in [-0.05, 0) is 183 Å². The van der Waals surface area contributed by atoms with Crippen molar-refractivity contribution in [3.63, 3.8) is 0 Å². The number of hydrogen-bond acceptors (Lipinski definition) is 4. The molecular weight excluding hydrogens is 1260 g/mol. The van der Waals surface area contributed by atoms with Crippen molar-refractivity contribution in [1.29, 1.82) is 0 Å². The van der Waals surface area contributed by atoms with Crippen LogP contribution < -0.4 is 19.6 Å². The molecule has 0 aliphatic heterocycles. The van der Waals surface area contributed by atoms with Gasteiger partial charge in [-0.3, -0.25) is 0 Å². The van der Waals surface area contributed by atoms with E-state index in [0.717, 1.165) is 45.5 Å². The van der Waals surface area contributed by atoms with Gasteiger partial charge in [-0.1, -0.05) is 303 Å². The number of nitrogens with zero attached hydrogens (tertiary/aromatic N) is 4. The standard InChI is InChI=1S/C53H36N2.C47H34N2/c1-54(49-34-33-47-45-20-7-16-39-15-6-19-44(52(39)45)46-21-10-22-48(49)53(46)47)40-29-25-35(26-30-40)36-27-31-41(32-28-36)55(50-23-8-13-37-11-2-4-17-42(37)50)51-24-9-14-38-12-3-5-18-43(38)51;1-48(47-32-37-14-4-5-17-40(37)43-20-8-9-21-44(43)47)38-28-24-33(25-29-38)34-26-30-39(31-27-34)49(45-22-10-15-35-12-2-6-18-41(35)45)46-23-11-16-36-13-3-7-19-42(36)46/h2-34H,1H3;2-32H,1H3. The zero-order valence-corrected chi connectivity index (χ0v) is 57.7. The zero-order valence-electron chi connectivity index (χ0n) is 57.7. The minimum absolute atomic E-state index is 1.12. The molecule has 0 aliphatic rings. The van der Waals surface area contributed by atoms with Gasteiger partial charge in [0.2, 0.25) is 0 Å². The minimum atomic E-state index is 1.12. The summed E-state index contributed by atoms with van der Waals surface area (Å²) in [4.78, 5) is 9.43. The second-order valence-electron chi connectivity index (χ2n) is 27.2. The van der Waals surface area contributed by atoms with Crippen LogP contribution in [-0.4, -0.2) is 14.1 Å². The fourth-order valence-electron chi connectivity index (χ4n) is 16.3. The summed E-state index contributed by atoms with van der Waals surface area (Å²) in [5.74, 6) is 0. The van der Waals surface area contributed by atoms with Crippen molar-refractivity contribution in [3.05, 3.63) is 388 Å². The molecular formula is C100H70N4. The van der Waals surface area contributed by atoms with Crippen molar-refractivity contribution in [2.75, 3.05) is 33.7 Å². The molecule has 0 saturated heterocycles. The van der Waals surface area contributed by atoms with Gasteiger partial charge in [0.05, 0.1) is 22.7 Å². The van der Waals surface area contributed by atoms with Gasteiger partial charge in [0.1, 0.15) is 0 Å². The number of rotatable bonds is 12. The lowest BCUT2D eigenvalue weighted by atomic mass is 9.89. The molecule has 0 amide bonds. The Hall–Kier alpha value is -13.5. The molecule has 104 heavy (non-hydrogen) atoms. The molecule has 0 radical (unpaired) electrons. The molecule has 490 valence electrons. The molecule has 20 aromatic rings. The Morgan fingerprint density at radius 1 is 0.154 bits per heavy atom. The third-order valence-corrected chi connectivity index (χ3v) is 21.4. The van der Waals surface area contributed by atoms with Crippen molar-refractivity contribution < 1.29 is 0 Å². The van der Waals surface area contributed by atoms with Gasteiger partial charge in [0.15, 0.2) is 0 Å². The first-order chi connectivity index (χ1) is 51.4. The van der Waals surface area contributed by atoms with Crippen molar-refractivity contribution >= 4 is 165 Å². The van der Waals surface area contributed by atoms with Crippen LogP contribution in [0, 0.1) is 0 Å². The fourth-order valence-corrected chi connectivity index (χ4v) is 16.3. The summed E-state index contributed by atoms with van der Waals surface area (Å²) in [7, 11) is 4.34. The molecule has 0 saturated carbocycles. The Labute approximate surface area is 605 Å². The molecule has 20 rings (SSSR count). The van der Waals surface area contributed by atoms with Crippen LogP contribution in [0.5, 0.6) is 0 Å². The number of hydrogen-bond donors (Lipinski definition) is 0. The second kappa shape index (κ2) is 25.9. The Bertz CT molecular complexity index is 6410. The van der Waals surface area contributed by atoms with Gasteiger partial charge in [-0.15, -0.1) is 0 Å². The van der Waals surface area contributed by atoms with Crippen LogP contribution in [0.1, 0.15) is 0 Å². The largest absolute Gasteiger partial charge is 0.344 e. The van der Waals surface area contributed by atoms with Crippen LogP contribution in [0.25, 0.3) is 130 Å². The molecule has 20 aromatic carbocycles. The Kier molecular flexibility index (Phi) is 15.3. The average Bonchev–Trinajstić information content (AvgIpc) is 0.712. The number of fused-ring (bicyclic) bond motifs is 9. The first kappa shape index (κ1) is 61.5. The first-order valence-corrected chi connectivity index (χ1v) is 35.8. The van der Waals surface area contributed by atoms with Crippen molar-refractivity contribution in [2.24, 2.45) is 0 Å². The van der Waals surface area contributed by atoms with E-state index in [0.29, 0.717) is 0 Å². The van der Waals surface area contributed by atoms with Gasteiger partial charge >= 0.3 is 0 Å². The van der Waals surface area contributed by atoms with E-state index in [1.807, 2.05) is 0 Å². The third-order valence-electron chi connectivity index (χ3n) is 21.4. The van der Waals surface area contributed by atoms with Crippen LogP contribution >= 0.6 is 0 Å². The third kappa shape index (κ3) is 10.7. The summed E-state index contributed by atoms with van der Waals surface area (Å²) in [6, 6.07) is 141. The maximum Gasteiger partial charge on any atom is 0.0540 e. The molecule has 4 heteroatoms. The maximum absolute atomic E-state index is 2.41. The van der Waals surface area contributed by atoms with Gasteiger partial charge in [-0.2, -0.15) is 0 Å². The topological polar surface area (TPSA) is 13.0 Å². The quantitative estimate of drug-likeness (QED) is 0.0893. The summed E-state index contributed by atoms with van der Waals surface area (Å²) in [6.07, 6.45) is 0. The zero-order chi connectivity index (χ0) is 69.2. The van der Waals surface area contributed by atoms with Crippen molar-refractivity contribution in [2.45, 2.75) is 0 Å². The minimum Gasteiger partial charge on any atom is -0.344 e. The number of anilines is 10. The Morgan fingerprint density at radius 2 is 0.433 bits per heavy atom. The van der Waals surface area contributed by atoms with Gasteiger partial charge < -0.3 is 19.6 Å². The summed E-state index contributed by atoms with van der Waals surface area (Å²) < 4.78 is 0. The summed E-state index contributed by atoms with van der Waals surface area (Å²) in [5.41, 5.74) is 16.3. The fraction of sp³-hybridized carbons (Fsp3) is 0.0200. The molecule has 0 fully saturated rings. The molecule has 0 N–H and O–H groups in total. The molecule has 0 unspecified atom stereocenters. The van der Waals surface area contributed by atoms with Crippen LogP contribution in [0.2, 0.25) is 0 Å². The lowest BCUT2D eigenvalue weighted by molar-refractivity contribution is 1.22. The summed E-state index contributed by atoms with van der Waals surface area (Å²) in [6.45, 7) is 0. The van der Waals surface area contributed by atoms with E-state index in [9.17, 15) is 0 Å². The highest BCUT2D eigenvalue weighted by Gasteiger charge is 2.22. The van der Waals surface area contributed by atoms with Crippen LogP contribution in [-0.2, 0) is 0 Å². The lowest BCUT2D eigenvalue weighted by Crippen LogP contribution is -2.11. The van der Waals surface area contributed by atoms with Crippen LogP contribution in [0.15, 0.2) is 388 Å². The number of benzene rings is 20. The second-order valence-corrected chi connectivity index (χ2v) is 27.2. The van der Waals surface area contributed by atoms with Gasteiger partial charge in [-0.25, -0.2) is 0 Å². The van der Waals surface area contributed by atoms with Crippen LogP contribution in [0.3, 0.4) is 0 Å². The van der Waals surface area contributed by atoms with Crippen molar-refractivity contribution in [1.82, 2.24) is 0 Å².